The Morgan fingerprint density at radius 3 is 2.15 bits per heavy atom. The molecule has 0 radical (unpaired) electrons. The van der Waals surface area contributed by atoms with Gasteiger partial charge in [0.05, 0.1) is 4.90 Å². The fourth-order valence-corrected chi connectivity index (χ4v) is 4.21. The molecule has 4 aromatic carbocycles. The van der Waals surface area contributed by atoms with Crippen LogP contribution in [0.2, 0.25) is 0 Å². The summed E-state index contributed by atoms with van der Waals surface area (Å²) >= 11 is 0. The van der Waals surface area contributed by atoms with E-state index in [-0.39, 0.29) is 4.90 Å². The van der Waals surface area contributed by atoms with E-state index in [9.17, 15) is 8.42 Å². The van der Waals surface area contributed by atoms with Crippen molar-refractivity contribution in [3.8, 4) is 0 Å². The van der Waals surface area contributed by atoms with Crippen LogP contribution in [0.3, 0.4) is 0 Å². The summed E-state index contributed by atoms with van der Waals surface area (Å²) < 4.78 is 28.3. The minimum Gasteiger partial charge on any atom is -0.280 e. The van der Waals surface area contributed by atoms with Crippen LogP contribution in [-0.4, -0.2) is 8.42 Å². The van der Waals surface area contributed by atoms with Crippen molar-refractivity contribution in [3.63, 3.8) is 0 Å². The average Bonchev–Trinajstić information content (AvgIpc) is 2.68. The summed E-state index contributed by atoms with van der Waals surface area (Å²) in [5.74, 6) is 0. The molecule has 0 heterocycles. The molecule has 3 nitrogen and oxygen atoms in total. The third-order valence-corrected chi connectivity index (χ3v) is 5.84. The number of hydrogen-bond acceptors (Lipinski definition) is 2. The van der Waals surface area contributed by atoms with Gasteiger partial charge >= 0.3 is 0 Å². The highest BCUT2D eigenvalue weighted by Crippen LogP contribution is 2.22. The number of nitrogens with one attached hydrogen (secondary N) is 1. The third-order valence-electron chi connectivity index (χ3n) is 4.46. The second kappa shape index (κ2) is 7.25. The molecule has 4 rings (SSSR count). The van der Waals surface area contributed by atoms with Gasteiger partial charge in [0, 0.05) is 5.69 Å². The van der Waals surface area contributed by atoms with Gasteiger partial charge in [-0.3, -0.25) is 4.72 Å². The molecule has 0 fully saturated rings. The van der Waals surface area contributed by atoms with E-state index in [0.29, 0.717) is 5.69 Å². The summed E-state index contributed by atoms with van der Waals surface area (Å²) in [5, 5.41) is 1.92. The number of fused-ring (bicyclic) bond motifs is 1. The van der Waals surface area contributed by atoms with E-state index in [1.807, 2.05) is 66.7 Å². The van der Waals surface area contributed by atoms with Crippen molar-refractivity contribution in [2.75, 3.05) is 4.72 Å². The molecule has 27 heavy (non-hydrogen) atoms. The molecule has 0 bridgehead atoms. The van der Waals surface area contributed by atoms with E-state index in [0.717, 1.165) is 22.8 Å². The molecule has 0 saturated carbocycles. The smallest absolute Gasteiger partial charge is 0.261 e. The molecule has 4 heteroatoms. The minimum atomic E-state index is -3.64. The van der Waals surface area contributed by atoms with Crippen molar-refractivity contribution in [2.45, 2.75) is 11.3 Å². The van der Waals surface area contributed by atoms with Gasteiger partial charge < -0.3 is 0 Å². The van der Waals surface area contributed by atoms with Gasteiger partial charge in [0.1, 0.15) is 0 Å². The number of benzene rings is 4. The summed E-state index contributed by atoms with van der Waals surface area (Å²) in [6.45, 7) is 0. The van der Waals surface area contributed by atoms with E-state index in [1.165, 1.54) is 5.56 Å². The molecule has 0 aromatic heterocycles. The standard InChI is InChI=1S/C23H19NO2S/c25-27(26,23-14-13-20-10-4-5-11-21(20)17-23)24-22-12-6-9-19(16-22)15-18-7-2-1-3-8-18/h1-14,16-17,24H,15H2. The zero-order valence-corrected chi connectivity index (χ0v) is 15.5. The summed E-state index contributed by atoms with van der Waals surface area (Å²) in [6.07, 6.45) is 0.756. The van der Waals surface area contributed by atoms with Crippen LogP contribution in [-0.2, 0) is 16.4 Å². The largest absolute Gasteiger partial charge is 0.280 e. The first-order chi connectivity index (χ1) is 13.1. The molecule has 0 unspecified atom stereocenters. The SMILES string of the molecule is O=S(=O)(Nc1cccc(Cc2ccccc2)c1)c1ccc2ccccc2c1. The lowest BCUT2D eigenvalue weighted by Gasteiger charge is -2.10. The number of rotatable bonds is 5. The van der Waals surface area contributed by atoms with Gasteiger partial charge in [0.15, 0.2) is 0 Å². The first kappa shape index (κ1) is 17.3. The Kier molecular flexibility index (Phi) is 4.65. The minimum absolute atomic E-state index is 0.259. The Bertz CT molecular complexity index is 1190. The van der Waals surface area contributed by atoms with E-state index < -0.39 is 10.0 Å². The maximum atomic E-state index is 12.8. The normalized spacial score (nSPS) is 11.4. The number of sulfonamides is 1. The number of anilines is 1. The summed E-state index contributed by atoms with van der Waals surface area (Å²) in [4.78, 5) is 0.259. The molecule has 134 valence electrons. The van der Waals surface area contributed by atoms with Crippen molar-refractivity contribution < 1.29 is 8.42 Å². The fourth-order valence-electron chi connectivity index (χ4n) is 3.12. The predicted molar refractivity (Wildman–Crippen MR) is 110 cm³/mol. The van der Waals surface area contributed by atoms with Crippen LogP contribution in [0.15, 0.2) is 102 Å². The van der Waals surface area contributed by atoms with Gasteiger partial charge in [0.2, 0.25) is 0 Å². The predicted octanol–water partition coefficient (Wildman–Crippen LogP) is 5.23. The summed E-state index contributed by atoms with van der Waals surface area (Å²) in [6, 6.07) is 30.5. The fraction of sp³-hybridized carbons (Fsp3) is 0.0435. The maximum Gasteiger partial charge on any atom is 0.261 e. The van der Waals surface area contributed by atoms with Crippen molar-refractivity contribution in [2.24, 2.45) is 0 Å². The molecule has 0 atom stereocenters. The molecule has 0 aliphatic rings. The summed E-state index contributed by atoms with van der Waals surface area (Å²) in [7, 11) is -3.64. The van der Waals surface area contributed by atoms with Gasteiger partial charge in [-0.2, -0.15) is 0 Å². The zero-order chi connectivity index (χ0) is 18.7. The van der Waals surface area contributed by atoms with Crippen LogP contribution >= 0.6 is 0 Å². The van der Waals surface area contributed by atoms with Gasteiger partial charge in [-0.15, -0.1) is 0 Å². The lowest BCUT2D eigenvalue weighted by Crippen LogP contribution is -2.13. The van der Waals surface area contributed by atoms with Gasteiger partial charge in [-0.25, -0.2) is 8.42 Å². The van der Waals surface area contributed by atoms with Crippen LogP contribution in [0.1, 0.15) is 11.1 Å². The lowest BCUT2D eigenvalue weighted by molar-refractivity contribution is 0.601. The molecule has 0 saturated heterocycles. The Morgan fingerprint density at radius 1 is 0.630 bits per heavy atom. The molecule has 4 aromatic rings. The van der Waals surface area contributed by atoms with E-state index >= 15 is 0 Å². The zero-order valence-electron chi connectivity index (χ0n) is 14.7. The van der Waals surface area contributed by atoms with Crippen LogP contribution < -0.4 is 4.72 Å². The van der Waals surface area contributed by atoms with Crippen LogP contribution in [0.25, 0.3) is 10.8 Å². The first-order valence-electron chi connectivity index (χ1n) is 8.75. The Hall–Kier alpha value is -3.11. The molecule has 0 amide bonds. The first-order valence-corrected chi connectivity index (χ1v) is 10.2. The van der Waals surface area contributed by atoms with Crippen molar-refractivity contribution in [3.05, 3.63) is 108 Å². The quantitative estimate of drug-likeness (QED) is 0.520. The van der Waals surface area contributed by atoms with Crippen molar-refractivity contribution >= 4 is 26.5 Å². The third kappa shape index (κ3) is 4.01. The molecule has 1 N–H and O–H groups in total. The van der Waals surface area contributed by atoms with E-state index in [2.05, 4.69) is 16.9 Å². The topological polar surface area (TPSA) is 46.2 Å². The lowest BCUT2D eigenvalue weighted by atomic mass is 10.0. The van der Waals surface area contributed by atoms with Gasteiger partial charge in [0.25, 0.3) is 10.0 Å². The second-order valence-electron chi connectivity index (χ2n) is 6.48. The second-order valence-corrected chi connectivity index (χ2v) is 8.16. The average molecular weight is 373 g/mol. The van der Waals surface area contributed by atoms with Crippen LogP contribution in [0, 0.1) is 0 Å². The van der Waals surface area contributed by atoms with Crippen molar-refractivity contribution in [1.29, 1.82) is 0 Å². The monoisotopic (exact) mass is 373 g/mol. The highest BCUT2D eigenvalue weighted by atomic mass is 32.2. The van der Waals surface area contributed by atoms with Crippen molar-refractivity contribution in [1.82, 2.24) is 0 Å². The number of hydrogen-bond donors (Lipinski definition) is 1. The summed E-state index contributed by atoms with van der Waals surface area (Å²) in [5.41, 5.74) is 2.81. The molecule has 0 aliphatic carbocycles. The highest BCUT2D eigenvalue weighted by molar-refractivity contribution is 7.92. The Morgan fingerprint density at radius 2 is 1.33 bits per heavy atom. The van der Waals surface area contributed by atoms with Gasteiger partial charge in [-0.05, 0) is 52.6 Å². The van der Waals surface area contributed by atoms with Crippen LogP contribution in [0.5, 0.6) is 0 Å². The van der Waals surface area contributed by atoms with E-state index in [4.69, 9.17) is 0 Å². The molecule has 0 aliphatic heterocycles. The molecular formula is C23H19NO2S. The molecular weight excluding hydrogens is 354 g/mol. The Labute approximate surface area is 159 Å². The van der Waals surface area contributed by atoms with E-state index in [1.54, 1.807) is 18.2 Å². The Balaban J connectivity index is 1.59. The molecule has 0 spiro atoms. The maximum absolute atomic E-state index is 12.8. The highest BCUT2D eigenvalue weighted by Gasteiger charge is 2.15. The van der Waals surface area contributed by atoms with Crippen LogP contribution in [0.4, 0.5) is 5.69 Å². The van der Waals surface area contributed by atoms with Gasteiger partial charge in [-0.1, -0.05) is 72.8 Å².